The molecule has 0 saturated heterocycles. The maximum Gasteiger partial charge on any atom is 0.119 e. The SMILES string of the molecule is CCNC(CCOc1cccc(C)c1)C1=COCCC1. The van der Waals surface area contributed by atoms with Gasteiger partial charge in [-0.25, -0.2) is 0 Å². The van der Waals surface area contributed by atoms with Crippen molar-refractivity contribution in [2.75, 3.05) is 19.8 Å². The molecule has 0 spiro atoms. The minimum absolute atomic E-state index is 0.366. The molecule has 3 heteroatoms. The number of benzene rings is 1. The van der Waals surface area contributed by atoms with Crippen molar-refractivity contribution in [2.45, 2.75) is 39.2 Å². The first-order valence-electron chi connectivity index (χ1n) is 7.53. The minimum atomic E-state index is 0.366. The van der Waals surface area contributed by atoms with Gasteiger partial charge >= 0.3 is 0 Å². The largest absolute Gasteiger partial charge is 0.501 e. The Bertz CT molecular complexity index is 442. The molecule has 1 aromatic rings. The monoisotopic (exact) mass is 275 g/mol. The topological polar surface area (TPSA) is 30.5 Å². The molecule has 3 nitrogen and oxygen atoms in total. The molecule has 1 aromatic carbocycles. The van der Waals surface area contributed by atoms with Gasteiger partial charge in [-0.1, -0.05) is 19.1 Å². The van der Waals surface area contributed by atoms with Crippen LogP contribution in [0.15, 0.2) is 36.1 Å². The second-order valence-corrected chi connectivity index (χ2v) is 5.23. The Morgan fingerprint density at radius 3 is 3.00 bits per heavy atom. The number of aryl methyl sites for hydroxylation is 1. The summed E-state index contributed by atoms with van der Waals surface area (Å²) in [7, 11) is 0. The molecule has 2 rings (SSSR count). The smallest absolute Gasteiger partial charge is 0.119 e. The molecule has 0 amide bonds. The quantitative estimate of drug-likeness (QED) is 0.827. The zero-order valence-electron chi connectivity index (χ0n) is 12.5. The number of nitrogens with one attached hydrogen (secondary N) is 1. The Kier molecular flexibility index (Phi) is 5.93. The second kappa shape index (κ2) is 7.95. The first-order chi connectivity index (χ1) is 9.79. The van der Waals surface area contributed by atoms with Crippen molar-refractivity contribution in [2.24, 2.45) is 0 Å². The molecule has 1 aliphatic rings. The fraction of sp³-hybridized carbons (Fsp3) is 0.529. The first kappa shape index (κ1) is 14.9. The summed E-state index contributed by atoms with van der Waals surface area (Å²) in [5, 5.41) is 3.52. The van der Waals surface area contributed by atoms with Gasteiger partial charge in [0, 0.05) is 12.5 Å². The lowest BCUT2D eigenvalue weighted by Crippen LogP contribution is -2.33. The van der Waals surface area contributed by atoms with E-state index in [2.05, 4.69) is 31.3 Å². The summed E-state index contributed by atoms with van der Waals surface area (Å²) < 4.78 is 11.3. The van der Waals surface area contributed by atoms with Crippen molar-refractivity contribution in [3.63, 3.8) is 0 Å². The number of ether oxygens (including phenoxy) is 2. The Hall–Kier alpha value is -1.48. The highest BCUT2D eigenvalue weighted by Crippen LogP contribution is 2.19. The molecule has 0 aliphatic carbocycles. The normalized spacial score (nSPS) is 16.2. The van der Waals surface area contributed by atoms with E-state index in [0.29, 0.717) is 6.04 Å². The lowest BCUT2D eigenvalue weighted by atomic mass is 9.99. The molecule has 1 aliphatic heterocycles. The summed E-state index contributed by atoms with van der Waals surface area (Å²) >= 11 is 0. The summed E-state index contributed by atoms with van der Waals surface area (Å²) in [5.41, 5.74) is 2.60. The first-order valence-corrected chi connectivity index (χ1v) is 7.53. The van der Waals surface area contributed by atoms with Crippen LogP contribution in [0.25, 0.3) is 0 Å². The molecule has 1 unspecified atom stereocenters. The third-order valence-electron chi connectivity index (χ3n) is 3.53. The molecule has 1 atom stereocenters. The van der Waals surface area contributed by atoms with Crippen LogP contribution >= 0.6 is 0 Å². The van der Waals surface area contributed by atoms with E-state index in [-0.39, 0.29) is 0 Å². The zero-order chi connectivity index (χ0) is 14.2. The van der Waals surface area contributed by atoms with Gasteiger partial charge in [0.1, 0.15) is 5.75 Å². The van der Waals surface area contributed by atoms with Crippen molar-refractivity contribution >= 4 is 0 Å². The number of hydrogen-bond donors (Lipinski definition) is 1. The van der Waals surface area contributed by atoms with Gasteiger partial charge in [-0.05, 0) is 49.6 Å². The van der Waals surface area contributed by atoms with Crippen LogP contribution in [-0.2, 0) is 4.74 Å². The highest BCUT2D eigenvalue weighted by Gasteiger charge is 2.16. The van der Waals surface area contributed by atoms with Crippen LogP contribution in [0.4, 0.5) is 0 Å². The Labute approximate surface area is 122 Å². The second-order valence-electron chi connectivity index (χ2n) is 5.23. The summed E-state index contributed by atoms with van der Waals surface area (Å²) in [6.07, 6.45) is 5.15. The number of rotatable bonds is 7. The highest BCUT2D eigenvalue weighted by molar-refractivity contribution is 5.27. The summed E-state index contributed by atoms with van der Waals surface area (Å²) in [6.45, 7) is 6.75. The van der Waals surface area contributed by atoms with Gasteiger partial charge < -0.3 is 14.8 Å². The van der Waals surface area contributed by atoms with Gasteiger partial charge in [-0.15, -0.1) is 0 Å². The molecule has 0 fully saturated rings. The van der Waals surface area contributed by atoms with Gasteiger partial charge in [0.25, 0.3) is 0 Å². The summed E-state index contributed by atoms with van der Waals surface area (Å²) in [4.78, 5) is 0. The van der Waals surface area contributed by atoms with E-state index >= 15 is 0 Å². The van der Waals surface area contributed by atoms with E-state index in [1.54, 1.807) is 0 Å². The van der Waals surface area contributed by atoms with Crippen molar-refractivity contribution in [1.29, 1.82) is 0 Å². The molecule has 0 radical (unpaired) electrons. The van der Waals surface area contributed by atoms with Crippen LogP contribution in [-0.4, -0.2) is 25.8 Å². The van der Waals surface area contributed by atoms with Gasteiger partial charge in [0.2, 0.25) is 0 Å². The van der Waals surface area contributed by atoms with Gasteiger partial charge in [-0.3, -0.25) is 0 Å². The number of hydrogen-bond acceptors (Lipinski definition) is 3. The Morgan fingerprint density at radius 2 is 2.30 bits per heavy atom. The third-order valence-corrected chi connectivity index (χ3v) is 3.53. The zero-order valence-corrected chi connectivity index (χ0v) is 12.5. The highest BCUT2D eigenvalue weighted by atomic mass is 16.5. The molecule has 20 heavy (non-hydrogen) atoms. The maximum absolute atomic E-state index is 5.85. The van der Waals surface area contributed by atoms with Crippen LogP contribution in [0, 0.1) is 6.92 Å². The Balaban J connectivity index is 1.84. The maximum atomic E-state index is 5.85. The van der Waals surface area contributed by atoms with Crippen LogP contribution in [0.3, 0.4) is 0 Å². The van der Waals surface area contributed by atoms with E-state index in [1.807, 2.05) is 18.4 Å². The molecule has 110 valence electrons. The molecular weight excluding hydrogens is 250 g/mol. The van der Waals surface area contributed by atoms with Gasteiger partial charge in [0.15, 0.2) is 0 Å². The average Bonchev–Trinajstić information content (AvgIpc) is 2.47. The lowest BCUT2D eigenvalue weighted by Gasteiger charge is -2.24. The lowest BCUT2D eigenvalue weighted by molar-refractivity contribution is 0.215. The average molecular weight is 275 g/mol. The standard InChI is InChI=1S/C17H25NO2/c1-3-18-17(15-7-5-10-19-13-15)9-11-20-16-8-4-6-14(2)12-16/h4,6,8,12-13,17-18H,3,5,7,9-11H2,1-2H3. The fourth-order valence-corrected chi connectivity index (χ4v) is 2.51. The molecule has 0 saturated carbocycles. The van der Waals surface area contributed by atoms with Crippen LogP contribution < -0.4 is 10.1 Å². The van der Waals surface area contributed by atoms with E-state index in [1.165, 1.54) is 11.1 Å². The molecule has 1 heterocycles. The predicted octanol–water partition coefficient (Wildman–Crippen LogP) is 3.44. The summed E-state index contributed by atoms with van der Waals surface area (Å²) in [6, 6.07) is 8.57. The Morgan fingerprint density at radius 1 is 1.40 bits per heavy atom. The van der Waals surface area contributed by atoms with Crippen molar-refractivity contribution in [1.82, 2.24) is 5.32 Å². The minimum Gasteiger partial charge on any atom is -0.501 e. The van der Waals surface area contributed by atoms with Gasteiger partial charge in [0.05, 0.1) is 19.5 Å². The fourth-order valence-electron chi connectivity index (χ4n) is 2.51. The van der Waals surface area contributed by atoms with E-state index in [9.17, 15) is 0 Å². The van der Waals surface area contributed by atoms with Crippen molar-refractivity contribution in [3.8, 4) is 5.75 Å². The third kappa shape index (κ3) is 4.57. The molecule has 0 bridgehead atoms. The van der Waals surface area contributed by atoms with E-state index < -0.39 is 0 Å². The molecular formula is C17H25NO2. The van der Waals surface area contributed by atoms with Crippen LogP contribution in [0.5, 0.6) is 5.75 Å². The van der Waals surface area contributed by atoms with Gasteiger partial charge in [-0.2, -0.15) is 0 Å². The van der Waals surface area contributed by atoms with E-state index in [0.717, 1.165) is 44.8 Å². The number of likely N-dealkylation sites (N-methyl/N-ethyl adjacent to an activating group) is 1. The molecule has 0 aromatic heterocycles. The van der Waals surface area contributed by atoms with Crippen LogP contribution in [0.1, 0.15) is 31.7 Å². The van der Waals surface area contributed by atoms with Crippen LogP contribution in [0.2, 0.25) is 0 Å². The van der Waals surface area contributed by atoms with Crippen molar-refractivity contribution in [3.05, 3.63) is 41.7 Å². The predicted molar refractivity (Wildman–Crippen MR) is 82.0 cm³/mol. The van der Waals surface area contributed by atoms with Crippen molar-refractivity contribution < 1.29 is 9.47 Å². The van der Waals surface area contributed by atoms with E-state index in [4.69, 9.17) is 9.47 Å². The molecule has 1 N–H and O–H groups in total. The summed E-state index contributed by atoms with van der Waals surface area (Å²) in [5.74, 6) is 0.953.